The van der Waals surface area contributed by atoms with E-state index in [2.05, 4.69) is 20.6 Å². The standard InChI is InChI=1S/C19H16N4O4/c1-12(24)21-13-6-8-14(9-7-13)22-18(25)11-27-19(26)17-10-20-15-4-2-3-5-16(15)23-17/h2-10H,11H2,1H3,(H,21,24)(H,22,25). The minimum absolute atomic E-state index is 0.0289. The van der Waals surface area contributed by atoms with Gasteiger partial charge in [-0.2, -0.15) is 0 Å². The molecule has 136 valence electrons. The van der Waals surface area contributed by atoms with Crippen LogP contribution in [0, 0.1) is 0 Å². The van der Waals surface area contributed by atoms with E-state index in [0.29, 0.717) is 22.4 Å². The summed E-state index contributed by atoms with van der Waals surface area (Å²) in [6.45, 7) is 0.949. The number of hydrogen-bond acceptors (Lipinski definition) is 6. The van der Waals surface area contributed by atoms with Crippen LogP contribution in [0.25, 0.3) is 11.0 Å². The molecule has 0 atom stereocenters. The number of para-hydroxylation sites is 2. The number of ether oxygens (including phenoxy) is 1. The number of carbonyl (C=O) groups excluding carboxylic acids is 3. The van der Waals surface area contributed by atoms with Crippen molar-refractivity contribution in [3.63, 3.8) is 0 Å². The molecule has 0 saturated carbocycles. The molecule has 1 heterocycles. The molecular weight excluding hydrogens is 348 g/mol. The van der Waals surface area contributed by atoms with Gasteiger partial charge in [0.1, 0.15) is 0 Å². The molecule has 0 unspecified atom stereocenters. The third-order valence-corrected chi connectivity index (χ3v) is 3.48. The molecule has 2 amide bonds. The van der Waals surface area contributed by atoms with Crippen molar-refractivity contribution in [1.82, 2.24) is 9.97 Å². The largest absolute Gasteiger partial charge is 0.451 e. The molecular formula is C19H16N4O4. The van der Waals surface area contributed by atoms with Crippen molar-refractivity contribution in [2.45, 2.75) is 6.92 Å². The lowest BCUT2D eigenvalue weighted by molar-refractivity contribution is -0.119. The first-order valence-electron chi connectivity index (χ1n) is 8.08. The Morgan fingerprint density at radius 1 is 0.926 bits per heavy atom. The van der Waals surface area contributed by atoms with Crippen molar-refractivity contribution < 1.29 is 19.1 Å². The van der Waals surface area contributed by atoms with Crippen LogP contribution < -0.4 is 10.6 Å². The van der Waals surface area contributed by atoms with Gasteiger partial charge in [-0.25, -0.2) is 9.78 Å². The first kappa shape index (κ1) is 18.0. The molecule has 0 fully saturated rings. The SMILES string of the molecule is CC(=O)Nc1ccc(NC(=O)COC(=O)c2cnc3ccccc3n2)cc1. The van der Waals surface area contributed by atoms with E-state index in [1.54, 1.807) is 42.5 Å². The number of esters is 1. The van der Waals surface area contributed by atoms with Crippen molar-refractivity contribution in [3.8, 4) is 0 Å². The zero-order valence-corrected chi connectivity index (χ0v) is 14.4. The van der Waals surface area contributed by atoms with Gasteiger partial charge in [-0.3, -0.25) is 14.6 Å². The van der Waals surface area contributed by atoms with Gasteiger partial charge >= 0.3 is 5.97 Å². The van der Waals surface area contributed by atoms with Crippen LogP contribution >= 0.6 is 0 Å². The van der Waals surface area contributed by atoms with Crippen LogP contribution in [0.15, 0.2) is 54.7 Å². The summed E-state index contributed by atoms with van der Waals surface area (Å²) in [6.07, 6.45) is 1.31. The number of nitrogens with one attached hydrogen (secondary N) is 2. The van der Waals surface area contributed by atoms with E-state index in [9.17, 15) is 14.4 Å². The maximum atomic E-state index is 12.0. The average molecular weight is 364 g/mol. The van der Waals surface area contributed by atoms with Crippen LogP contribution in [-0.4, -0.2) is 34.4 Å². The third-order valence-electron chi connectivity index (χ3n) is 3.48. The molecule has 2 N–H and O–H groups in total. The predicted octanol–water partition coefficient (Wildman–Crippen LogP) is 2.38. The molecule has 3 rings (SSSR count). The topological polar surface area (TPSA) is 110 Å². The summed E-state index contributed by atoms with van der Waals surface area (Å²) in [5.41, 5.74) is 2.38. The summed E-state index contributed by atoms with van der Waals surface area (Å²) in [5.74, 6) is -1.41. The van der Waals surface area contributed by atoms with Gasteiger partial charge in [0.25, 0.3) is 5.91 Å². The Balaban J connectivity index is 1.54. The fraction of sp³-hybridized carbons (Fsp3) is 0.105. The Morgan fingerprint density at radius 3 is 2.22 bits per heavy atom. The van der Waals surface area contributed by atoms with Gasteiger partial charge in [-0.05, 0) is 36.4 Å². The average Bonchev–Trinajstić information content (AvgIpc) is 2.67. The van der Waals surface area contributed by atoms with E-state index in [4.69, 9.17) is 4.74 Å². The second-order valence-corrected chi connectivity index (χ2v) is 5.63. The van der Waals surface area contributed by atoms with Gasteiger partial charge in [0.15, 0.2) is 12.3 Å². The minimum Gasteiger partial charge on any atom is -0.451 e. The first-order chi connectivity index (χ1) is 13.0. The number of benzene rings is 2. The molecule has 8 heteroatoms. The fourth-order valence-corrected chi connectivity index (χ4v) is 2.30. The van der Waals surface area contributed by atoms with Crippen LogP contribution in [-0.2, 0) is 14.3 Å². The van der Waals surface area contributed by atoms with E-state index in [-0.39, 0.29) is 11.6 Å². The molecule has 1 aromatic heterocycles. The van der Waals surface area contributed by atoms with E-state index in [0.717, 1.165) is 0 Å². The number of aromatic nitrogens is 2. The summed E-state index contributed by atoms with van der Waals surface area (Å²) in [7, 11) is 0. The lowest BCUT2D eigenvalue weighted by Crippen LogP contribution is -2.21. The molecule has 8 nitrogen and oxygen atoms in total. The summed E-state index contributed by atoms with van der Waals surface area (Å²) in [4.78, 5) is 43.3. The number of hydrogen-bond donors (Lipinski definition) is 2. The summed E-state index contributed by atoms with van der Waals surface area (Å²) < 4.78 is 4.98. The Hall–Kier alpha value is -3.81. The molecule has 0 aliphatic heterocycles. The van der Waals surface area contributed by atoms with Crippen molar-refractivity contribution in [3.05, 3.63) is 60.4 Å². The van der Waals surface area contributed by atoms with Crippen molar-refractivity contribution in [2.24, 2.45) is 0 Å². The third kappa shape index (κ3) is 4.85. The maximum absolute atomic E-state index is 12.0. The Kier molecular flexibility index (Phi) is 5.36. The minimum atomic E-state index is -0.732. The van der Waals surface area contributed by atoms with E-state index < -0.39 is 18.5 Å². The maximum Gasteiger partial charge on any atom is 0.359 e. The van der Waals surface area contributed by atoms with Crippen molar-refractivity contribution in [1.29, 1.82) is 0 Å². The molecule has 27 heavy (non-hydrogen) atoms. The van der Waals surface area contributed by atoms with E-state index >= 15 is 0 Å². The number of anilines is 2. The van der Waals surface area contributed by atoms with Gasteiger partial charge in [-0.15, -0.1) is 0 Å². The molecule has 0 aliphatic rings. The molecule has 0 saturated heterocycles. The van der Waals surface area contributed by atoms with Crippen molar-refractivity contribution >= 4 is 40.2 Å². The molecule has 0 spiro atoms. The molecule has 3 aromatic rings. The van der Waals surface area contributed by atoms with Gasteiger partial charge in [0.2, 0.25) is 5.91 Å². The molecule has 0 bridgehead atoms. The van der Waals surface area contributed by atoms with Crippen LogP contribution in [0.4, 0.5) is 11.4 Å². The monoisotopic (exact) mass is 364 g/mol. The zero-order chi connectivity index (χ0) is 19.2. The zero-order valence-electron chi connectivity index (χ0n) is 14.4. The van der Waals surface area contributed by atoms with Crippen LogP contribution in [0.5, 0.6) is 0 Å². The lowest BCUT2D eigenvalue weighted by Gasteiger charge is -2.08. The smallest absolute Gasteiger partial charge is 0.359 e. The van der Waals surface area contributed by atoms with Crippen molar-refractivity contribution in [2.75, 3.05) is 17.2 Å². The molecule has 0 aliphatic carbocycles. The number of fused-ring (bicyclic) bond motifs is 1. The molecule has 0 radical (unpaired) electrons. The highest BCUT2D eigenvalue weighted by Crippen LogP contribution is 2.13. The van der Waals surface area contributed by atoms with Crippen LogP contribution in [0.3, 0.4) is 0 Å². The van der Waals surface area contributed by atoms with E-state index in [1.165, 1.54) is 13.1 Å². The normalized spacial score (nSPS) is 10.3. The van der Waals surface area contributed by atoms with E-state index in [1.807, 2.05) is 6.07 Å². The summed E-state index contributed by atoms with van der Waals surface area (Å²) in [6, 6.07) is 13.7. The summed E-state index contributed by atoms with van der Waals surface area (Å²) >= 11 is 0. The van der Waals surface area contributed by atoms with Crippen LogP contribution in [0.1, 0.15) is 17.4 Å². The highest BCUT2D eigenvalue weighted by molar-refractivity contribution is 5.95. The summed E-state index contributed by atoms with van der Waals surface area (Å²) in [5, 5.41) is 5.22. The highest BCUT2D eigenvalue weighted by Gasteiger charge is 2.13. The quantitative estimate of drug-likeness (QED) is 0.673. The van der Waals surface area contributed by atoms with Gasteiger partial charge < -0.3 is 15.4 Å². The number of rotatable bonds is 5. The fourth-order valence-electron chi connectivity index (χ4n) is 2.30. The Morgan fingerprint density at radius 2 is 1.56 bits per heavy atom. The predicted molar refractivity (Wildman–Crippen MR) is 99.2 cm³/mol. The second-order valence-electron chi connectivity index (χ2n) is 5.63. The van der Waals surface area contributed by atoms with Gasteiger partial charge in [-0.1, -0.05) is 12.1 Å². The van der Waals surface area contributed by atoms with Crippen LogP contribution in [0.2, 0.25) is 0 Å². The van der Waals surface area contributed by atoms with Gasteiger partial charge in [0.05, 0.1) is 17.2 Å². The van der Waals surface area contributed by atoms with Gasteiger partial charge in [0, 0.05) is 18.3 Å². The first-order valence-corrected chi connectivity index (χ1v) is 8.08. The second kappa shape index (κ2) is 8.05. The lowest BCUT2D eigenvalue weighted by atomic mass is 10.2. The number of carbonyl (C=O) groups is 3. The Labute approximate surface area is 154 Å². The Bertz CT molecular complexity index is 1000. The molecule has 2 aromatic carbocycles. The number of amides is 2. The number of nitrogens with zero attached hydrogens (tertiary/aromatic N) is 2. The highest BCUT2D eigenvalue weighted by atomic mass is 16.5.